The summed E-state index contributed by atoms with van der Waals surface area (Å²) in [5.74, 6) is 6.94. The number of hydrogen-bond donors (Lipinski definition) is 2. The molecule has 0 bridgehead atoms. The maximum absolute atomic E-state index is 5.81. The number of nitrogens with zero attached hydrogens (tertiary/aromatic N) is 3. The molecule has 1 aliphatic rings. The van der Waals surface area contributed by atoms with E-state index in [9.17, 15) is 0 Å². The van der Waals surface area contributed by atoms with E-state index in [0.29, 0.717) is 5.95 Å². The zero-order valence-electron chi connectivity index (χ0n) is 12.6. The summed E-state index contributed by atoms with van der Waals surface area (Å²) in [5, 5.41) is 1.11. The van der Waals surface area contributed by atoms with Crippen molar-refractivity contribution in [3.8, 4) is 0 Å². The highest BCUT2D eigenvalue weighted by atomic mass is 32.1. The Morgan fingerprint density at radius 3 is 2.71 bits per heavy atom. The Balaban J connectivity index is 2.08. The van der Waals surface area contributed by atoms with Gasteiger partial charge < -0.3 is 9.64 Å². The minimum Gasteiger partial charge on any atom is -0.372 e. The van der Waals surface area contributed by atoms with Crippen LogP contribution in [0.4, 0.5) is 11.8 Å². The molecule has 2 aromatic rings. The molecule has 7 heteroatoms. The van der Waals surface area contributed by atoms with Crippen molar-refractivity contribution in [3.05, 3.63) is 10.9 Å². The Kier molecular flexibility index (Phi) is 3.97. The molecule has 6 nitrogen and oxygen atoms in total. The van der Waals surface area contributed by atoms with Crippen LogP contribution in [-0.2, 0) is 11.2 Å². The molecular weight excluding hydrogens is 286 g/mol. The topological polar surface area (TPSA) is 76.3 Å². The Labute approximate surface area is 128 Å². The molecular formula is C14H21N5OS. The molecule has 0 radical (unpaired) electrons. The van der Waals surface area contributed by atoms with Gasteiger partial charge in [-0.15, -0.1) is 11.3 Å². The number of rotatable bonds is 3. The van der Waals surface area contributed by atoms with Gasteiger partial charge in [0, 0.05) is 18.0 Å². The van der Waals surface area contributed by atoms with Crippen LogP contribution in [0, 0.1) is 0 Å². The van der Waals surface area contributed by atoms with Crippen molar-refractivity contribution < 1.29 is 4.74 Å². The summed E-state index contributed by atoms with van der Waals surface area (Å²) < 4.78 is 5.81. The predicted octanol–water partition coefficient (Wildman–Crippen LogP) is 2.15. The standard InChI is InChI=1S/C14H21N5OS/c1-4-10-5-11-12(16-14(18-15)17-13(11)21-10)19-6-8(2)20-9(3)7-19/h5,8-9H,4,6-7,15H2,1-3H3,(H,16,17,18). The van der Waals surface area contributed by atoms with Gasteiger partial charge in [-0.1, -0.05) is 6.92 Å². The van der Waals surface area contributed by atoms with Crippen LogP contribution in [-0.4, -0.2) is 35.3 Å². The van der Waals surface area contributed by atoms with Crippen molar-refractivity contribution in [2.24, 2.45) is 5.84 Å². The monoisotopic (exact) mass is 307 g/mol. The zero-order valence-corrected chi connectivity index (χ0v) is 13.4. The molecule has 0 spiro atoms. The summed E-state index contributed by atoms with van der Waals surface area (Å²) in [4.78, 5) is 13.6. The third-order valence-electron chi connectivity index (χ3n) is 3.62. The number of ether oxygens (including phenoxy) is 1. The zero-order chi connectivity index (χ0) is 15.0. The number of hydrazine groups is 1. The number of anilines is 2. The van der Waals surface area contributed by atoms with Crippen LogP contribution >= 0.6 is 11.3 Å². The number of thiophene rings is 1. The molecule has 0 saturated carbocycles. The fourth-order valence-corrected chi connectivity index (χ4v) is 3.75. The lowest BCUT2D eigenvalue weighted by Crippen LogP contribution is -2.46. The number of nitrogen functional groups attached to an aromatic ring is 1. The summed E-state index contributed by atoms with van der Waals surface area (Å²) in [5.41, 5.74) is 2.57. The maximum Gasteiger partial charge on any atom is 0.240 e. The first-order valence-corrected chi connectivity index (χ1v) is 8.09. The summed E-state index contributed by atoms with van der Waals surface area (Å²) in [6.07, 6.45) is 1.39. The summed E-state index contributed by atoms with van der Waals surface area (Å²) in [6.45, 7) is 8.00. The van der Waals surface area contributed by atoms with Crippen molar-refractivity contribution in [1.29, 1.82) is 0 Å². The normalized spacial score (nSPS) is 22.8. The minimum atomic E-state index is 0.192. The molecule has 1 fully saturated rings. The van der Waals surface area contributed by atoms with Crippen molar-refractivity contribution in [1.82, 2.24) is 9.97 Å². The molecule has 2 aromatic heterocycles. The highest BCUT2D eigenvalue weighted by molar-refractivity contribution is 7.18. The van der Waals surface area contributed by atoms with Gasteiger partial charge in [-0.25, -0.2) is 10.8 Å². The van der Waals surface area contributed by atoms with E-state index in [-0.39, 0.29) is 12.2 Å². The second-order valence-corrected chi connectivity index (χ2v) is 6.58. The second kappa shape index (κ2) is 5.75. The molecule has 1 aliphatic heterocycles. The highest BCUT2D eigenvalue weighted by Crippen LogP contribution is 2.33. The molecule has 0 amide bonds. The lowest BCUT2D eigenvalue weighted by atomic mass is 10.2. The second-order valence-electron chi connectivity index (χ2n) is 5.46. The molecule has 0 aliphatic carbocycles. The van der Waals surface area contributed by atoms with Gasteiger partial charge in [0.25, 0.3) is 0 Å². The van der Waals surface area contributed by atoms with E-state index in [1.807, 2.05) is 0 Å². The van der Waals surface area contributed by atoms with Gasteiger partial charge in [-0.3, -0.25) is 5.43 Å². The van der Waals surface area contributed by atoms with Crippen molar-refractivity contribution in [2.45, 2.75) is 39.4 Å². The molecule has 114 valence electrons. The average molecular weight is 307 g/mol. The smallest absolute Gasteiger partial charge is 0.240 e. The van der Waals surface area contributed by atoms with Gasteiger partial charge in [-0.05, 0) is 26.3 Å². The van der Waals surface area contributed by atoms with Crippen LogP contribution in [0.1, 0.15) is 25.6 Å². The summed E-state index contributed by atoms with van der Waals surface area (Å²) in [7, 11) is 0. The number of nitrogens with two attached hydrogens (primary N) is 1. The molecule has 21 heavy (non-hydrogen) atoms. The highest BCUT2D eigenvalue weighted by Gasteiger charge is 2.25. The third-order valence-corrected chi connectivity index (χ3v) is 4.79. The van der Waals surface area contributed by atoms with Crippen LogP contribution in [0.2, 0.25) is 0 Å². The molecule has 2 atom stereocenters. The fraction of sp³-hybridized carbons (Fsp3) is 0.571. The van der Waals surface area contributed by atoms with Gasteiger partial charge in [0.1, 0.15) is 10.6 Å². The van der Waals surface area contributed by atoms with E-state index in [4.69, 9.17) is 10.6 Å². The van der Waals surface area contributed by atoms with Gasteiger partial charge >= 0.3 is 0 Å². The lowest BCUT2D eigenvalue weighted by Gasteiger charge is -2.36. The minimum absolute atomic E-state index is 0.192. The third kappa shape index (κ3) is 2.81. The first kappa shape index (κ1) is 14.5. The average Bonchev–Trinajstić information content (AvgIpc) is 2.87. The number of fused-ring (bicyclic) bond motifs is 1. The summed E-state index contributed by atoms with van der Waals surface area (Å²) >= 11 is 1.70. The molecule has 3 heterocycles. The van der Waals surface area contributed by atoms with Gasteiger partial charge in [0.15, 0.2) is 0 Å². The van der Waals surface area contributed by atoms with Crippen molar-refractivity contribution >= 4 is 33.3 Å². The SMILES string of the molecule is CCc1cc2c(N3CC(C)OC(C)C3)nc(NN)nc2s1. The number of aromatic nitrogens is 2. The fourth-order valence-electron chi connectivity index (χ4n) is 2.79. The van der Waals surface area contributed by atoms with Gasteiger partial charge in [0.05, 0.1) is 17.6 Å². The van der Waals surface area contributed by atoms with Crippen LogP contribution in [0.25, 0.3) is 10.2 Å². The molecule has 1 saturated heterocycles. The molecule has 3 rings (SSSR count). The molecule has 2 unspecified atom stereocenters. The number of aryl methyl sites for hydroxylation is 1. The van der Waals surface area contributed by atoms with Crippen LogP contribution in [0.15, 0.2) is 6.07 Å². The van der Waals surface area contributed by atoms with Crippen molar-refractivity contribution in [2.75, 3.05) is 23.4 Å². The maximum atomic E-state index is 5.81. The number of nitrogens with one attached hydrogen (secondary N) is 1. The molecule has 0 aromatic carbocycles. The number of hydrogen-bond acceptors (Lipinski definition) is 7. The Morgan fingerprint density at radius 2 is 2.10 bits per heavy atom. The summed E-state index contributed by atoms with van der Waals surface area (Å²) in [6, 6.07) is 2.19. The first-order valence-electron chi connectivity index (χ1n) is 7.28. The quantitative estimate of drug-likeness (QED) is 0.668. The van der Waals surface area contributed by atoms with Crippen LogP contribution in [0.5, 0.6) is 0 Å². The largest absolute Gasteiger partial charge is 0.372 e. The van der Waals surface area contributed by atoms with E-state index < -0.39 is 0 Å². The van der Waals surface area contributed by atoms with E-state index >= 15 is 0 Å². The van der Waals surface area contributed by atoms with E-state index in [2.05, 4.69) is 47.1 Å². The van der Waals surface area contributed by atoms with Crippen LogP contribution < -0.4 is 16.2 Å². The van der Waals surface area contributed by atoms with Gasteiger partial charge in [-0.2, -0.15) is 4.98 Å². The van der Waals surface area contributed by atoms with E-state index in [0.717, 1.165) is 35.5 Å². The van der Waals surface area contributed by atoms with Gasteiger partial charge in [0.2, 0.25) is 5.95 Å². The Bertz CT molecular complexity index is 634. The van der Waals surface area contributed by atoms with E-state index in [1.165, 1.54) is 4.88 Å². The molecule has 3 N–H and O–H groups in total. The predicted molar refractivity (Wildman–Crippen MR) is 86.8 cm³/mol. The van der Waals surface area contributed by atoms with Crippen LogP contribution in [0.3, 0.4) is 0 Å². The van der Waals surface area contributed by atoms with E-state index in [1.54, 1.807) is 11.3 Å². The Morgan fingerprint density at radius 1 is 1.38 bits per heavy atom. The lowest BCUT2D eigenvalue weighted by molar-refractivity contribution is -0.00536. The Hall–Kier alpha value is -1.44. The van der Waals surface area contributed by atoms with Crippen molar-refractivity contribution in [3.63, 3.8) is 0 Å². The number of morpholine rings is 1. The first-order chi connectivity index (χ1) is 10.1.